The number of para-hydroxylation sites is 1. The Morgan fingerprint density at radius 2 is 2.00 bits per heavy atom. The van der Waals surface area contributed by atoms with Gasteiger partial charge in [0.15, 0.2) is 5.82 Å². The van der Waals surface area contributed by atoms with Gasteiger partial charge in [-0.1, -0.05) is 25.1 Å². The van der Waals surface area contributed by atoms with Crippen LogP contribution in [0.1, 0.15) is 18.2 Å². The average Bonchev–Trinajstić information content (AvgIpc) is 2.49. The number of aryl methyl sites for hydroxylation is 2. The molecule has 0 saturated carbocycles. The molecule has 0 saturated heterocycles. The smallest absolute Gasteiger partial charge is 0.416 e. The standard InChI is InChI=1S/C16H19N3O2/c1-4-12-10-14(15(17-3)18-11(12)2)19(16(20)21)13-8-6-5-7-9-13/h5-10H,4H2,1-3H3,(H,17,18)(H,20,21). The fourth-order valence-corrected chi connectivity index (χ4v) is 2.28. The van der Waals surface area contributed by atoms with E-state index in [1.807, 2.05) is 38.1 Å². The molecule has 0 aliphatic heterocycles. The molecule has 0 aliphatic carbocycles. The maximum atomic E-state index is 11.7. The van der Waals surface area contributed by atoms with E-state index in [1.165, 1.54) is 4.90 Å². The van der Waals surface area contributed by atoms with Gasteiger partial charge in [0.25, 0.3) is 0 Å². The fourth-order valence-electron chi connectivity index (χ4n) is 2.28. The lowest BCUT2D eigenvalue weighted by Crippen LogP contribution is -2.25. The summed E-state index contributed by atoms with van der Waals surface area (Å²) in [6.45, 7) is 3.96. The summed E-state index contributed by atoms with van der Waals surface area (Å²) in [5.41, 5.74) is 3.07. The van der Waals surface area contributed by atoms with E-state index in [1.54, 1.807) is 19.2 Å². The highest BCUT2D eigenvalue weighted by molar-refractivity contribution is 5.98. The van der Waals surface area contributed by atoms with E-state index < -0.39 is 6.09 Å². The minimum atomic E-state index is -1.04. The quantitative estimate of drug-likeness (QED) is 0.896. The van der Waals surface area contributed by atoms with Crippen LogP contribution in [0.2, 0.25) is 0 Å². The number of nitrogens with one attached hydrogen (secondary N) is 1. The third-order valence-corrected chi connectivity index (χ3v) is 3.36. The van der Waals surface area contributed by atoms with Crippen LogP contribution in [0.3, 0.4) is 0 Å². The molecule has 0 atom stereocenters. The second-order valence-corrected chi connectivity index (χ2v) is 4.66. The Kier molecular flexibility index (Phi) is 4.42. The molecular weight excluding hydrogens is 266 g/mol. The van der Waals surface area contributed by atoms with Gasteiger partial charge in [-0.25, -0.2) is 14.7 Å². The van der Waals surface area contributed by atoms with E-state index in [9.17, 15) is 9.90 Å². The maximum Gasteiger partial charge on any atom is 0.416 e. The molecule has 2 aromatic rings. The van der Waals surface area contributed by atoms with E-state index >= 15 is 0 Å². The van der Waals surface area contributed by atoms with E-state index in [0.717, 1.165) is 17.7 Å². The number of carbonyl (C=O) groups is 1. The molecule has 1 amide bonds. The van der Waals surface area contributed by atoms with Crippen LogP contribution in [0, 0.1) is 6.92 Å². The predicted molar refractivity (Wildman–Crippen MR) is 84.5 cm³/mol. The number of aromatic nitrogens is 1. The van der Waals surface area contributed by atoms with E-state index in [4.69, 9.17) is 0 Å². The van der Waals surface area contributed by atoms with Crippen LogP contribution in [-0.4, -0.2) is 23.2 Å². The number of nitrogens with zero attached hydrogens (tertiary/aromatic N) is 2. The van der Waals surface area contributed by atoms with Crippen molar-refractivity contribution < 1.29 is 9.90 Å². The molecule has 110 valence electrons. The predicted octanol–water partition coefficient (Wildman–Crippen LogP) is 3.81. The molecule has 1 heterocycles. The van der Waals surface area contributed by atoms with Crippen LogP contribution in [0.5, 0.6) is 0 Å². The van der Waals surface area contributed by atoms with Gasteiger partial charge in [0.05, 0.1) is 11.4 Å². The van der Waals surface area contributed by atoms with Crippen LogP contribution >= 0.6 is 0 Å². The first-order chi connectivity index (χ1) is 10.1. The summed E-state index contributed by atoms with van der Waals surface area (Å²) in [5, 5.41) is 12.6. The molecular formula is C16H19N3O2. The van der Waals surface area contributed by atoms with Gasteiger partial charge in [-0.15, -0.1) is 0 Å². The summed E-state index contributed by atoms with van der Waals surface area (Å²) in [5.74, 6) is 0.552. The zero-order valence-electron chi connectivity index (χ0n) is 12.4. The summed E-state index contributed by atoms with van der Waals surface area (Å²) < 4.78 is 0. The van der Waals surface area contributed by atoms with Crippen molar-refractivity contribution in [3.8, 4) is 0 Å². The number of hydrogen-bond donors (Lipinski definition) is 2. The Hall–Kier alpha value is -2.56. The first kappa shape index (κ1) is 14.8. The SMILES string of the molecule is CCc1cc(N(C(=O)O)c2ccccc2)c(NC)nc1C. The fraction of sp³-hybridized carbons (Fsp3) is 0.250. The Morgan fingerprint density at radius 1 is 1.33 bits per heavy atom. The molecule has 0 aliphatic rings. The number of anilines is 3. The summed E-state index contributed by atoms with van der Waals surface area (Å²) in [6, 6.07) is 10.9. The normalized spacial score (nSPS) is 10.2. The van der Waals surface area contributed by atoms with Crippen molar-refractivity contribution in [1.82, 2.24) is 4.98 Å². The highest BCUT2D eigenvalue weighted by atomic mass is 16.4. The topological polar surface area (TPSA) is 65.5 Å². The van der Waals surface area contributed by atoms with E-state index in [0.29, 0.717) is 17.2 Å². The van der Waals surface area contributed by atoms with Gasteiger partial charge in [0.2, 0.25) is 0 Å². The molecule has 21 heavy (non-hydrogen) atoms. The third kappa shape index (κ3) is 2.97. The highest BCUT2D eigenvalue weighted by Gasteiger charge is 2.21. The molecule has 0 radical (unpaired) electrons. The van der Waals surface area contributed by atoms with Crippen molar-refractivity contribution in [2.45, 2.75) is 20.3 Å². The summed E-state index contributed by atoms with van der Waals surface area (Å²) >= 11 is 0. The zero-order chi connectivity index (χ0) is 15.4. The largest absolute Gasteiger partial charge is 0.464 e. The van der Waals surface area contributed by atoms with Crippen molar-refractivity contribution in [2.24, 2.45) is 0 Å². The van der Waals surface area contributed by atoms with E-state index in [-0.39, 0.29) is 0 Å². The summed E-state index contributed by atoms with van der Waals surface area (Å²) in [7, 11) is 1.74. The van der Waals surface area contributed by atoms with Crippen LogP contribution in [0.25, 0.3) is 0 Å². The molecule has 2 rings (SSSR count). The van der Waals surface area contributed by atoms with Crippen LogP contribution < -0.4 is 10.2 Å². The van der Waals surface area contributed by atoms with E-state index in [2.05, 4.69) is 10.3 Å². The number of hydrogen-bond acceptors (Lipinski definition) is 3. The Bertz CT molecular complexity index is 641. The number of pyridine rings is 1. The number of benzene rings is 1. The Labute approximate surface area is 124 Å². The summed E-state index contributed by atoms with van der Waals surface area (Å²) in [4.78, 5) is 17.4. The Morgan fingerprint density at radius 3 is 2.52 bits per heavy atom. The molecule has 2 N–H and O–H groups in total. The summed E-state index contributed by atoms with van der Waals surface area (Å²) in [6.07, 6.45) is -0.233. The second kappa shape index (κ2) is 6.26. The molecule has 0 fully saturated rings. The van der Waals surface area contributed by atoms with Gasteiger partial charge < -0.3 is 10.4 Å². The molecule has 0 unspecified atom stereocenters. The minimum Gasteiger partial charge on any atom is -0.464 e. The number of amides is 1. The first-order valence-corrected chi connectivity index (χ1v) is 6.84. The average molecular weight is 285 g/mol. The van der Waals surface area contributed by atoms with Gasteiger partial charge >= 0.3 is 6.09 Å². The molecule has 5 heteroatoms. The van der Waals surface area contributed by atoms with Gasteiger partial charge in [0.1, 0.15) is 0 Å². The Balaban J connectivity index is 2.63. The van der Waals surface area contributed by atoms with Crippen LogP contribution in [-0.2, 0) is 6.42 Å². The second-order valence-electron chi connectivity index (χ2n) is 4.66. The molecule has 0 spiro atoms. The monoisotopic (exact) mass is 285 g/mol. The molecule has 1 aromatic heterocycles. The van der Waals surface area contributed by atoms with Crippen LogP contribution in [0.4, 0.5) is 22.0 Å². The first-order valence-electron chi connectivity index (χ1n) is 6.84. The third-order valence-electron chi connectivity index (χ3n) is 3.36. The molecule has 1 aromatic carbocycles. The van der Waals surface area contributed by atoms with Crippen molar-refractivity contribution >= 4 is 23.3 Å². The van der Waals surface area contributed by atoms with Crippen LogP contribution in [0.15, 0.2) is 36.4 Å². The lowest BCUT2D eigenvalue weighted by Gasteiger charge is -2.23. The molecule has 5 nitrogen and oxygen atoms in total. The number of rotatable bonds is 4. The maximum absolute atomic E-state index is 11.7. The number of carboxylic acid groups (broad SMARTS) is 1. The van der Waals surface area contributed by atoms with Gasteiger partial charge in [0, 0.05) is 12.7 Å². The lowest BCUT2D eigenvalue weighted by atomic mass is 10.1. The van der Waals surface area contributed by atoms with Gasteiger partial charge in [-0.05, 0) is 37.1 Å². The van der Waals surface area contributed by atoms with Gasteiger partial charge in [-0.2, -0.15) is 0 Å². The zero-order valence-corrected chi connectivity index (χ0v) is 12.4. The van der Waals surface area contributed by atoms with Crippen molar-refractivity contribution in [3.05, 3.63) is 47.7 Å². The van der Waals surface area contributed by atoms with Gasteiger partial charge in [-0.3, -0.25) is 0 Å². The highest BCUT2D eigenvalue weighted by Crippen LogP contribution is 2.32. The van der Waals surface area contributed by atoms with Crippen molar-refractivity contribution in [1.29, 1.82) is 0 Å². The van der Waals surface area contributed by atoms with Crippen molar-refractivity contribution in [2.75, 3.05) is 17.3 Å². The minimum absolute atomic E-state index is 0.540. The molecule has 0 bridgehead atoms. The van der Waals surface area contributed by atoms with Crippen molar-refractivity contribution in [3.63, 3.8) is 0 Å². The lowest BCUT2D eigenvalue weighted by molar-refractivity contribution is 0.205.